The summed E-state index contributed by atoms with van der Waals surface area (Å²) in [6, 6.07) is 6.06. The van der Waals surface area contributed by atoms with Gasteiger partial charge in [-0.3, -0.25) is 4.68 Å². The summed E-state index contributed by atoms with van der Waals surface area (Å²) in [5.74, 6) is 0.669. The van der Waals surface area contributed by atoms with Crippen LogP contribution in [0.5, 0.6) is 0 Å². The van der Waals surface area contributed by atoms with Gasteiger partial charge in [0, 0.05) is 36.0 Å². The van der Waals surface area contributed by atoms with Crippen molar-refractivity contribution in [3.8, 4) is 17.5 Å². The molecule has 0 spiro atoms. The number of pyridine rings is 1. The zero-order chi connectivity index (χ0) is 25.7. The zero-order valence-electron chi connectivity index (χ0n) is 22.3. The molecule has 5 heterocycles. The van der Waals surface area contributed by atoms with E-state index in [0.29, 0.717) is 60.2 Å². The topological polar surface area (TPSA) is 94.0 Å². The zero-order valence-corrected chi connectivity index (χ0v) is 19.3. The summed E-state index contributed by atoms with van der Waals surface area (Å²) >= 11 is 0. The summed E-state index contributed by atoms with van der Waals surface area (Å²) in [6.45, 7) is 5.46. The van der Waals surface area contributed by atoms with Gasteiger partial charge in [0.05, 0.1) is 42.0 Å². The van der Waals surface area contributed by atoms with E-state index in [1.807, 2.05) is 12.1 Å². The van der Waals surface area contributed by atoms with Gasteiger partial charge in [0.2, 0.25) is 0 Å². The molecule has 0 N–H and O–H groups in total. The van der Waals surface area contributed by atoms with E-state index >= 15 is 0 Å². The lowest BCUT2D eigenvalue weighted by molar-refractivity contribution is -0.0384. The van der Waals surface area contributed by atoms with Gasteiger partial charge in [-0.15, -0.1) is 0 Å². The summed E-state index contributed by atoms with van der Waals surface area (Å²) < 4.78 is 39.1. The van der Waals surface area contributed by atoms with Crippen molar-refractivity contribution in [3.05, 3.63) is 23.9 Å². The molecule has 0 saturated carbocycles. The third kappa shape index (κ3) is 3.77. The number of ether oxygens (including phenoxy) is 2. The Balaban J connectivity index is 1.80. The Morgan fingerprint density at radius 2 is 2.18 bits per heavy atom. The molecule has 33 heavy (non-hydrogen) atoms. The predicted octanol–water partition coefficient (Wildman–Crippen LogP) is 3.56. The van der Waals surface area contributed by atoms with Crippen molar-refractivity contribution >= 4 is 16.9 Å². The molecule has 0 bridgehead atoms. The van der Waals surface area contributed by atoms with Crippen molar-refractivity contribution in [2.45, 2.75) is 57.7 Å². The van der Waals surface area contributed by atoms with Crippen molar-refractivity contribution in [2.24, 2.45) is 6.98 Å². The molecular weight excluding hydrogens is 418 g/mol. The molecule has 2 saturated heterocycles. The standard InChI is InChI=1S/C24H31N7O2/c1-16-14-32-12-10-30(16)19-13-17(24(2,3)15-25)23-22(27-19)21(28-29(23)4)18-8-9-26-31(18)20-7-5-6-11-33-20/h8-9,13,16,20H,5-7,10-12,14H2,1-4H3/t16-,20?/m1/s1/i4D3. The van der Waals surface area contributed by atoms with Crippen molar-refractivity contribution in [1.82, 2.24) is 24.5 Å². The first-order chi connectivity index (χ1) is 17.1. The maximum Gasteiger partial charge on any atom is 0.150 e. The highest BCUT2D eigenvalue weighted by Crippen LogP contribution is 2.38. The minimum atomic E-state index is -2.57. The van der Waals surface area contributed by atoms with Crippen LogP contribution in [0.1, 0.15) is 55.9 Å². The molecular formula is C24H31N7O2. The lowest BCUT2D eigenvalue weighted by atomic mass is 9.85. The maximum atomic E-state index is 10.1. The first-order valence-corrected chi connectivity index (χ1v) is 11.5. The number of nitriles is 1. The Hall–Kier alpha value is -2.96. The molecule has 5 rings (SSSR count). The molecule has 1 unspecified atom stereocenters. The maximum absolute atomic E-state index is 10.1. The average molecular weight is 453 g/mol. The fourth-order valence-corrected chi connectivity index (χ4v) is 4.67. The second kappa shape index (κ2) is 8.43. The van der Waals surface area contributed by atoms with Crippen LogP contribution in [0.15, 0.2) is 18.3 Å². The quantitative estimate of drug-likeness (QED) is 0.597. The van der Waals surface area contributed by atoms with E-state index in [9.17, 15) is 5.26 Å². The van der Waals surface area contributed by atoms with Gasteiger partial charge < -0.3 is 14.4 Å². The molecule has 0 radical (unpaired) electrons. The van der Waals surface area contributed by atoms with Crippen molar-refractivity contribution in [3.63, 3.8) is 0 Å². The number of fused-ring (bicyclic) bond motifs is 1. The van der Waals surface area contributed by atoms with E-state index in [1.54, 1.807) is 24.7 Å². The lowest BCUT2D eigenvalue weighted by Crippen LogP contribution is -2.44. The molecule has 0 aliphatic carbocycles. The molecule has 2 aliphatic heterocycles. The van der Waals surface area contributed by atoms with Crippen LogP contribution in [0.25, 0.3) is 22.4 Å². The van der Waals surface area contributed by atoms with Crippen LogP contribution in [0, 0.1) is 11.3 Å². The summed E-state index contributed by atoms with van der Waals surface area (Å²) in [7, 11) is 0. The normalized spacial score (nSPS) is 23.7. The Kier molecular flexibility index (Phi) is 4.72. The van der Waals surface area contributed by atoms with Crippen LogP contribution in [0.3, 0.4) is 0 Å². The van der Waals surface area contributed by atoms with Crippen molar-refractivity contribution in [2.75, 3.05) is 31.3 Å². The van der Waals surface area contributed by atoms with Crippen LogP contribution in [0.2, 0.25) is 0 Å². The van der Waals surface area contributed by atoms with Gasteiger partial charge in [-0.25, -0.2) is 9.67 Å². The monoisotopic (exact) mass is 452 g/mol. The molecule has 0 amide bonds. The number of rotatable bonds is 4. The van der Waals surface area contributed by atoms with E-state index in [2.05, 4.69) is 28.1 Å². The van der Waals surface area contributed by atoms with Crippen molar-refractivity contribution in [1.29, 1.82) is 5.26 Å². The predicted molar refractivity (Wildman–Crippen MR) is 125 cm³/mol. The van der Waals surface area contributed by atoms with Gasteiger partial charge in [-0.2, -0.15) is 15.5 Å². The number of aromatic nitrogens is 5. The first kappa shape index (κ1) is 18.5. The number of anilines is 1. The first-order valence-electron chi connectivity index (χ1n) is 13.0. The van der Waals surface area contributed by atoms with Gasteiger partial charge in [-0.1, -0.05) is 0 Å². The summed E-state index contributed by atoms with van der Waals surface area (Å²) in [4.78, 5) is 7.12. The average Bonchev–Trinajstić information content (AvgIpc) is 3.49. The molecule has 3 aromatic heterocycles. The van der Waals surface area contributed by atoms with Crippen LogP contribution in [-0.4, -0.2) is 57.0 Å². The minimum Gasteiger partial charge on any atom is -0.377 e. The smallest absolute Gasteiger partial charge is 0.150 e. The Labute approximate surface area is 198 Å². The fourth-order valence-electron chi connectivity index (χ4n) is 4.67. The van der Waals surface area contributed by atoms with Crippen molar-refractivity contribution < 1.29 is 13.6 Å². The van der Waals surface area contributed by atoms with Gasteiger partial charge in [0.25, 0.3) is 0 Å². The van der Waals surface area contributed by atoms with Gasteiger partial charge in [-0.05, 0) is 52.2 Å². The van der Waals surface area contributed by atoms with E-state index in [4.69, 9.17) is 18.6 Å². The molecule has 2 atom stereocenters. The van der Waals surface area contributed by atoms with E-state index < -0.39 is 12.4 Å². The van der Waals surface area contributed by atoms with Crippen LogP contribution in [0.4, 0.5) is 5.82 Å². The van der Waals surface area contributed by atoms with E-state index in [-0.39, 0.29) is 12.3 Å². The molecule has 2 aliphatic rings. The third-order valence-corrected chi connectivity index (χ3v) is 6.57. The van der Waals surface area contributed by atoms with Crippen LogP contribution in [-0.2, 0) is 21.9 Å². The lowest BCUT2D eigenvalue weighted by Gasteiger charge is -2.35. The molecule has 0 aromatic carbocycles. The second-order valence-corrected chi connectivity index (χ2v) is 9.32. The summed E-state index contributed by atoms with van der Waals surface area (Å²) in [5.41, 5.74) is 1.38. The molecule has 2 fully saturated rings. The number of aryl methyl sites for hydroxylation is 1. The molecule has 174 valence electrons. The summed E-state index contributed by atoms with van der Waals surface area (Å²) in [6.07, 6.45) is 4.24. The van der Waals surface area contributed by atoms with Crippen LogP contribution >= 0.6 is 0 Å². The molecule has 9 nitrogen and oxygen atoms in total. The van der Waals surface area contributed by atoms with Gasteiger partial charge >= 0.3 is 0 Å². The highest BCUT2D eigenvalue weighted by atomic mass is 16.5. The minimum absolute atomic E-state index is 0.0732. The molecule has 3 aromatic rings. The Morgan fingerprint density at radius 3 is 2.91 bits per heavy atom. The second-order valence-electron chi connectivity index (χ2n) is 9.32. The molecule has 9 heteroatoms. The number of hydrogen-bond donors (Lipinski definition) is 0. The number of morpholine rings is 1. The number of nitrogens with zero attached hydrogens (tertiary/aromatic N) is 7. The largest absolute Gasteiger partial charge is 0.377 e. The van der Waals surface area contributed by atoms with Gasteiger partial charge in [0.1, 0.15) is 17.0 Å². The highest BCUT2D eigenvalue weighted by molar-refractivity contribution is 5.93. The van der Waals surface area contributed by atoms with E-state index in [0.717, 1.165) is 23.9 Å². The fraction of sp³-hybridized carbons (Fsp3) is 0.583. The van der Waals surface area contributed by atoms with E-state index in [1.165, 1.54) is 0 Å². The number of hydrogen-bond acceptors (Lipinski definition) is 7. The third-order valence-electron chi connectivity index (χ3n) is 6.57. The Bertz CT molecular complexity index is 1300. The Morgan fingerprint density at radius 1 is 1.30 bits per heavy atom. The highest BCUT2D eigenvalue weighted by Gasteiger charge is 2.31. The summed E-state index contributed by atoms with van der Waals surface area (Å²) in [5, 5.41) is 19.1. The van der Waals surface area contributed by atoms with Crippen LogP contribution < -0.4 is 4.90 Å². The van der Waals surface area contributed by atoms with Gasteiger partial charge in [0.15, 0.2) is 6.23 Å². The SMILES string of the molecule is [2H]C([2H])([2H])n1nc(-c2ccnn2C2CCCCO2)c2nc(N3CCOC[C@H]3C)cc(C(C)(C)C#N)c21.